The number of rotatable bonds is 3. The maximum Gasteiger partial charge on any atom is 0.398 e. The molecule has 0 unspecified atom stereocenters. The van der Waals surface area contributed by atoms with Crippen LogP contribution in [0.1, 0.15) is 20.8 Å². The Bertz CT molecular complexity index is 1170. The van der Waals surface area contributed by atoms with E-state index in [4.69, 9.17) is 21.9 Å². The molecule has 0 atom stereocenters. The number of hydrogen-bond acceptors (Lipinski definition) is 6. The van der Waals surface area contributed by atoms with Crippen LogP contribution in [-0.2, 0) is 14.4 Å². The lowest BCUT2D eigenvalue weighted by Crippen LogP contribution is -2.30. The topological polar surface area (TPSA) is 220 Å². The highest BCUT2D eigenvalue weighted by atomic mass is 16.4. The summed E-state index contributed by atoms with van der Waals surface area (Å²) in [6.07, 6.45) is 0. The SMILES string of the molecule is C=C(C)C(=O)O.C=C(C)C(=O)O.C=C(C)C(=O)O.[C-]#[N+]n1c(=O)[nH]c2[nH]c(=O)[nH]c2c1=O. The molecule has 14 heteroatoms. The van der Waals surface area contributed by atoms with Crippen molar-refractivity contribution in [1.82, 2.24) is 19.6 Å². The maximum absolute atomic E-state index is 11.3. The highest BCUT2D eigenvalue weighted by molar-refractivity contribution is 5.85. The summed E-state index contributed by atoms with van der Waals surface area (Å²) in [6.45, 7) is 20.4. The maximum atomic E-state index is 11.3. The predicted octanol–water partition coefficient (Wildman–Crippen LogP) is 0.330. The van der Waals surface area contributed by atoms with E-state index in [-0.39, 0.29) is 27.9 Å². The van der Waals surface area contributed by atoms with Crippen molar-refractivity contribution in [3.8, 4) is 0 Å². The number of aromatic amines is 3. The number of carboxylic acids is 3. The number of nitrogens with one attached hydrogen (secondary N) is 3. The molecule has 0 radical (unpaired) electrons. The van der Waals surface area contributed by atoms with Crippen molar-refractivity contribution in [1.29, 1.82) is 0 Å². The second-order valence-corrected chi connectivity index (χ2v) is 5.73. The van der Waals surface area contributed by atoms with Crippen LogP contribution in [0.15, 0.2) is 50.8 Å². The van der Waals surface area contributed by atoms with Gasteiger partial charge in [-0.3, -0.25) is 19.7 Å². The van der Waals surface area contributed by atoms with Gasteiger partial charge >= 0.3 is 34.8 Å². The molecule has 0 saturated heterocycles. The minimum Gasteiger partial charge on any atom is -0.478 e. The summed E-state index contributed by atoms with van der Waals surface area (Å²) in [5, 5.41) is 23.7. The molecule has 0 aliphatic heterocycles. The highest BCUT2D eigenvalue weighted by Crippen LogP contribution is 1.91. The lowest BCUT2D eigenvalue weighted by atomic mass is 10.4. The van der Waals surface area contributed by atoms with E-state index in [9.17, 15) is 28.8 Å². The van der Waals surface area contributed by atoms with Gasteiger partial charge in [0.1, 0.15) is 5.65 Å². The minimum absolute atomic E-state index is 0.00935. The van der Waals surface area contributed by atoms with Crippen molar-refractivity contribution in [2.45, 2.75) is 20.8 Å². The molecular weight excluding hydrogens is 430 g/mol. The number of aliphatic carboxylic acids is 3. The Morgan fingerprint density at radius 1 is 0.812 bits per heavy atom. The summed E-state index contributed by atoms with van der Waals surface area (Å²) < 4.78 is 0.298. The molecule has 2 rings (SSSR count). The van der Waals surface area contributed by atoms with Gasteiger partial charge in [-0.05, 0) is 20.8 Å². The van der Waals surface area contributed by atoms with Crippen LogP contribution in [0.3, 0.4) is 0 Å². The third-order valence-electron chi connectivity index (χ3n) is 2.75. The summed E-state index contributed by atoms with van der Waals surface area (Å²) >= 11 is 0. The number of fused-ring (bicyclic) bond motifs is 1. The molecule has 2 heterocycles. The summed E-state index contributed by atoms with van der Waals surface area (Å²) in [6, 6.07) is 0. The van der Waals surface area contributed by atoms with Crippen LogP contribution in [0.2, 0.25) is 0 Å². The lowest BCUT2D eigenvalue weighted by Gasteiger charge is -1.87. The first-order valence-corrected chi connectivity index (χ1v) is 8.08. The average Bonchev–Trinajstić information content (AvgIpc) is 3.03. The Morgan fingerprint density at radius 3 is 1.44 bits per heavy atom. The number of carbonyl (C=O) groups is 3. The van der Waals surface area contributed by atoms with Gasteiger partial charge in [-0.25, -0.2) is 24.0 Å². The molecule has 172 valence electrons. The molecule has 0 aliphatic carbocycles. The van der Waals surface area contributed by atoms with Crippen LogP contribution in [0.25, 0.3) is 16.1 Å². The van der Waals surface area contributed by atoms with E-state index in [1.807, 2.05) is 0 Å². The first-order chi connectivity index (χ1) is 14.6. The van der Waals surface area contributed by atoms with Gasteiger partial charge in [-0.2, -0.15) is 6.57 Å². The first kappa shape index (κ1) is 29.3. The second-order valence-electron chi connectivity index (χ2n) is 5.73. The number of nitrogens with zero attached hydrogens (tertiary/aromatic N) is 2. The Labute approximate surface area is 179 Å². The van der Waals surface area contributed by atoms with E-state index >= 15 is 0 Å². The average molecular weight is 451 g/mol. The van der Waals surface area contributed by atoms with Gasteiger partial charge in [-0.15, -0.1) is 4.95 Å². The fourth-order valence-electron chi connectivity index (χ4n) is 1.09. The van der Waals surface area contributed by atoms with E-state index in [2.05, 4.69) is 39.6 Å². The van der Waals surface area contributed by atoms with Crippen LogP contribution in [0.4, 0.5) is 0 Å². The van der Waals surface area contributed by atoms with Gasteiger partial charge in [0.05, 0.1) is 4.68 Å². The van der Waals surface area contributed by atoms with E-state index in [1.165, 1.54) is 20.8 Å². The van der Waals surface area contributed by atoms with Gasteiger partial charge in [0.2, 0.25) is 0 Å². The van der Waals surface area contributed by atoms with Gasteiger partial charge < -0.3 is 15.3 Å². The van der Waals surface area contributed by atoms with Crippen molar-refractivity contribution in [2.24, 2.45) is 0 Å². The molecule has 0 spiro atoms. The monoisotopic (exact) mass is 451 g/mol. The lowest BCUT2D eigenvalue weighted by molar-refractivity contribution is -0.133. The van der Waals surface area contributed by atoms with Crippen LogP contribution in [0, 0.1) is 6.57 Å². The molecule has 0 saturated carbocycles. The summed E-state index contributed by atoms with van der Waals surface area (Å²) in [7, 11) is 0. The van der Waals surface area contributed by atoms with E-state index in [0.717, 1.165) is 0 Å². The normalized spacial score (nSPS) is 8.69. The van der Waals surface area contributed by atoms with Gasteiger partial charge in [0.15, 0.2) is 5.52 Å². The van der Waals surface area contributed by atoms with E-state index < -0.39 is 34.8 Å². The van der Waals surface area contributed by atoms with Crippen molar-refractivity contribution in [3.63, 3.8) is 0 Å². The third kappa shape index (κ3) is 10.6. The number of carboxylic acid groups (broad SMARTS) is 3. The highest BCUT2D eigenvalue weighted by Gasteiger charge is 2.12. The van der Waals surface area contributed by atoms with Crippen LogP contribution < -0.4 is 16.9 Å². The zero-order chi connectivity index (χ0) is 25.8. The number of aromatic nitrogens is 4. The Kier molecular flexibility index (Phi) is 12.2. The minimum atomic E-state index is -0.935. The number of H-pyrrole nitrogens is 3. The zero-order valence-corrected chi connectivity index (χ0v) is 17.3. The number of imidazole rings is 1. The molecule has 0 fully saturated rings. The van der Waals surface area contributed by atoms with Crippen LogP contribution >= 0.6 is 0 Å². The quantitative estimate of drug-likeness (QED) is 0.279. The first-order valence-electron chi connectivity index (χ1n) is 8.08. The molecule has 14 nitrogen and oxygen atoms in total. The Morgan fingerprint density at radius 2 is 1.16 bits per heavy atom. The molecule has 2 aromatic heterocycles. The summed E-state index contributed by atoms with van der Waals surface area (Å²) in [5.74, 6) is -2.81. The Balaban J connectivity index is 0. The molecule has 0 aliphatic rings. The molecule has 0 bridgehead atoms. The molecule has 6 N–H and O–H groups in total. The third-order valence-corrected chi connectivity index (χ3v) is 2.75. The van der Waals surface area contributed by atoms with Crippen molar-refractivity contribution < 1.29 is 29.7 Å². The standard InChI is InChI=1S/C6H3N5O3.3C4H6O2/c1-7-11-4(12)2-3(10-6(11)14)9-5(13)8-2;3*1-3(2)4(5)6/h(H,10,14)(H2,8,9,13);3*1H2,2H3,(H,5,6). The van der Waals surface area contributed by atoms with E-state index in [0.29, 0.717) is 4.68 Å². The molecule has 32 heavy (non-hydrogen) atoms. The largest absolute Gasteiger partial charge is 0.478 e. The van der Waals surface area contributed by atoms with Crippen molar-refractivity contribution >= 4 is 29.1 Å². The molecular formula is C18H21N5O9. The van der Waals surface area contributed by atoms with Crippen molar-refractivity contribution in [3.05, 3.63) is 79.3 Å². The fourth-order valence-corrected chi connectivity index (χ4v) is 1.09. The van der Waals surface area contributed by atoms with Crippen molar-refractivity contribution in [2.75, 3.05) is 0 Å². The van der Waals surface area contributed by atoms with Crippen LogP contribution in [0.5, 0.6) is 0 Å². The zero-order valence-electron chi connectivity index (χ0n) is 17.3. The Hall–Kier alpha value is -4.93. The van der Waals surface area contributed by atoms with Gasteiger partial charge in [-0.1, -0.05) is 19.7 Å². The second kappa shape index (κ2) is 13.3. The van der Waals surface area contributed by atoms with Gasteiger partial charge in [0, 0.05) is 16.7 Å². The molecule has 0 amide bonds. The molecule has 0 aromatic carbocycles. The van der Waals surface area contributed by atoms with E-state index in [1.54, 1.807) is 0 Å². The summed E-state index contributed by atoms with van der Waals surface area (Å²) in [4.78, 5) is 71.2. The summed E-state index contributed by atoms with van der Waals surface area (Å²) in [5.41, 5.74) is -1.95. The van der Waals surface area contributed by atoms with Crippen LogP contribution in [-0.4, -0.2) is 52.9 Å². The predicted molar refractivity (Wildman–Crippen MR) is 113 cm³/mol. The smallest absolute Gasteiger partial charge is 0.398 e. The van der Waals surface area contributed by atoms with Gasteiger partial charge in [0.25, 0.3) is 0 Å². The molecule has 2 aromatic rings. The fraction of sp³-hybridized carbons (Fsp3) is 0.167. The number of hydrogen-bond donors (Lipinski definition) is 6.